The number of aromatic nitrogens is 4. The highest BCUT2D eigenvalue weighted by molar-refractivity contribution is 6.00. The molecule has 9 heteroatoms. The fourth-order valence-electron chi connectivity index (χ4n) is 5.34. The molecule has 6 heterocycles. The van der Waals surface area contributed by atoms with Gasteiger partial charge in [0.15, 0.2) is 6.23 Å². The molecular weight excluding hydrogens is 430 g/mol. The number of hydrogen-bond acceptors (Lipinski definition) is 8. The van der Waals surface area contributed by atoms with Gasteiger partial charge in [-0.1, -0.05) is 0 Å². The first-order valence-corrected chi connectivity index (χ1v) is 12.5. The van der Waals surface area contributed by atoms with E-state index in [1.165, 1.54) is 5.69 Å². The zero-order chi connectivity index (χ0) is 22.9. The lowest BCUT2D eigenvalue weighted by Crippen LogP contribution is -2.45. The Bertz CT molecular complexity index is 1140. The SMILES string of the molecule is CC1COCCN1c1cc(N2CCNCC2)c2ccnc(-c3ccnn3C3CCCCO3)c2n1. The Balaban J connectivity index is 1.51. The van der Waals surface area contributed by atoms with Crippen LogP contribution in [-0.4, -0.2) is 78.3 Å². The van der Waals surface area contributed by atoms with Gasteiger partial charge in [0.2, 0.25) is 0 Å². The van der Waals surface area contributed by atoms with Gasteiger partial charge < -0.3 is 24.6 Å². The zero-order valence-electron chi connectivity index (χ0n) is 19.8. The molecule has 9 nitrogen and oxygen atoms in total. The second-order valence-electron chi connectivity index (χ2n) is 9.39. The van der Waals surface area contributed by atoms with Gasteiger partial charge in [-0.3, -0.25) is 4.98 Å². The first-order chi connectivity index (χ1) is 16.8. The summed E-state index contributed by atoms with van der Waals surface area (Å²) in [6.45, 7) is 9.17. The van der Waals surface area contributed by atoms with E-state index in [9.17, 15) is 0 Å². The van der Waals surface area contributed by atoms with E-state index >= 15 is 0 Å². The molecule has 0 spiro atoms. The van der Waals surface area contributed by atoms with Gasteiger partial charge in [0, 0.05) is 63.2 Å². The van der Waals surface area contributed by atoms with E-state index in [0.717, 1.165) is 93.3 Å². The number of anilines is 2. The molecule has 3 aromatic rings. The third-order valence-corrected chi connectivity index (χ3v) is 7.15. The normalized spacial score (nSPS) is 24.0. The molecule has 6 rings (SSSR count). The highest BCUT2D eigenvalue weighted by Crippen LogP contribution is 2.37. The monoisotopic (exact) mass is 463 g/mol. The molecule has 3 aliphatic rings. The number of piperazine rings is 1. The first kappa shape index (κ1) is 21.8. The van der Waals surface area contributed by atoms with Crippen LogP contribution in [0.3, 0.4) is 0 Å². The molecule has 0 aliphatic carbocycles. The van der Waals surface area contributed by atoms with Crippen LogP contribution in [0.2, 0.25) is 0 Å². The summed E-state index contributed by atoms with van der Waals surface area (Å²) in [5.41, 5.74) is 3.97. The third kappa shape index (κ3) is 4.01. The van der Waals surface area contributed by atoms with Crippen LogP contribution >= 0.6 is 0 Å². The Morgan fingerprint density at radius 1 is 1.06 bits per heavy atom. The highest BCUT2D eigenvalue weighted by Gasteiger charge is 2.26. The fourth-order valence-corrected chi connectivity index (χ4v) is 5.34. The van der Waals surface area contributed by atoms with Crippen molar-refractivity contribution in [1.29, 1.82) is 0 Å². The molecule has 1 N–H and O–H groups in total. The largest absolute Gasteiger partial charge is 0.377 e. The number of nitrogens with zero attached hydrogens (tertiary/aromatic N) is 6. The number of rotatable bonds is 4. The van der Waals surface area contributed by atoms with E-state index in [4.69, 9.17) is 19.4 Å². The van der Waals surface area contributed by atoms with Gasteiger partial charge in [0.05, 0.1) is 30.6 Å². The quantitative estimate of drug-likeness (QED) is 0.633. The molecular formula is C25H33N7O2. The minimum atomic E-state index is -0.0501. The highest BCUT2D eigenvalue weighted by atomic mass is 16.5. The van der Waals surface area contributed by atoms with Crippen LogP contribution in [0.1, 0.15) is 32.4 Å². The van der Waals surface area contributed by atoms with Crippen LogP contribution in [0.4, 0.5) is 11.5 Å². The fraction of sp³-hybridized carbons (Fsp3) is 0.560. The van der Waals surface area contributed by atoms with Gasteiger partial charge in [-0.2, -0.15) is 5.10 Å². The lowest BCUT2D eigenvalue weighted by molar-refractivity contribution is -0.0383. The summed E-state index contributed by atoms with van der Waals surface area (Å²) in [4.78, 5) is 14.9. The molecule has 0 radical (unpaired) electrons. The molecule has 2 unspecified atom stereocenters. The maximum Gasteiger partial charge on any atom is 0.150 e. The number of ether oxygens (including phenoxy) is 2. The summed E-state index contributed by atoms with van der Waals surface area (Å²) in [6.07, 6.45) is 6.93. The van der Waals surface area contributed by atoms with Crippen LogP contribution in [0.5, 0.6) is 0 Å². The standard InChI is InChI=1S/C25H33N7O2/c1-18-17-33-15-13-31(18)22-16-21(30-11-9-26-10-12-30)19-5-7-27-25(24(19)29-22)20-6-8-28-32(20)23-4-2-3-14-34-23/h5-8,16,18,23,26H,2-4,9-15,17H2,1H3. The van der Waals surface area contributed by atoms with Gasteiger partial charge in [-0.05, 0) is 38.3 Å². The molecule has 0 aromatic carbocycles. The predicted molar refractivity (Wildman–Crippen MR) is 132 cm³/mol. The predicted octanol–water partition coefficient (Wildman–Crippen LogP) is 2.83. The Morgan fingerprint density at radius 3 is 2.79 bits per heavy atom. The molecule has 0 amide bonds. The van der Waals surface area contributed by atoms with Crippen LogP contribution in [0.15, 0.2) is 30.6 Å². The maximum atomic E-state index is 6.06. The van der Waals surface area contributed by atoms with E-state index in [-0.39, 0.29) is 12.3 Å². The number of fused-ring (bicyclic) bond motifs is 1. The smallest absolute Gasteiger partial charge is 0.150 e. The van der Waals surface area contributed by atoms with Crippen molar-refractivity contribution in [1.82, 2.24) is 25.1 Å². The van der Waals surface area contributed by atoms with Crippen LogP contribution in [0, 0.1) is 0 Å². The summed E-state index contributed by atoms with van der Waals surface area (Å²) < 4.78 is 13.8. The number of nitrogens with one attached hydrogen (secondary N) is 1. The van der Waals surface area contributed by atoms with Crippen LogP contribution in [-0.2, 0) is 9.47 Å². The molecule has 180 valence electrons. The average molecular weight is 464 g/mol. The number of pyridine rings is 2. The summed E-state index contributed by atoms with van der Waals surface area (Å²) in [5, 5.41) is 9.24. The van der Waals surface area contributed by atoms with Crippen molar-refractivity contribution >= 4 is 22.4 Å². The molecule has 3 saturated heterocycles. The van der Waals surface area contributed by atoms with Crippen molar-refractivity contribution in [3.8, 4) is 11.4 Å². The van der Waals surface area contributed by atoms with Crippen molar-refractivity contribution in [2.24, 2.45) is 0 Å². The van der Waals surface area contributed by atoms with Crippen molar-refractivity contribution in [2.75, 3.05) is 62.3 Å². The van der Waals surface area contributed by atoms with Crippen molar-refractivity contribution in [3.05, 3.63) is 30.6 Å². The van der Waals surface area contributed by atoms with E-state index in [1.807, 2.05) is 23.1 Å². The van der Waals surface area contributed by atoms with Gasteiger partial charge >= 0.3 is 0 Å². The zero-order valence-corrected chi connectivity index (χ0v) is 19.8. The molecule has 34 heavy (non-hydrogen) atoms. The van der Waals surface area contributed by atoms with Gasteiger partial charge in [-0.15, -0.1) is 0 Å². The molecule has 0 bridgehead atoms. The minimum absolute atomic E-state index is 0.0501. The lowest BCUT2D eigenvalue weighted by atomic mass is 10.1. The summed E-state index contributed by atoms with van der Waals surface area (Å²) in [7, 11) is 0. The summed E-state index contributed by atoms with van der Waals surface area (Å²) in [6, 6.07) is 6.68. The summed E-state index contributed by atoms with van der Waals surface area (Å²) in [5.74, 6) is 0.992. The molecule has 0 saturated carbocycles. The summed E-state index contributed by atoms with van der Waals surface area (Å²) >= 11 is 0. The Kier molecular flexibility index (Phi) is 6.07. The molecule has 3 fully saturated rings. The molecule has 3 aromatic heterocycles. The average Bonchev–Trinajstić information content (AvgIpc) is 3.39. The maximum absolute atomic E-state index is 6.06. The van der Waals surface area contributed by atoms with Crippen LogP contribution in [0.25, 0.3) is 22.3 Å². The third-order valence-electron chi connectivity index (χ3n) is 7.15. The molecule has 2 atom stereocenters. The number of morpholine rings is 1. The number of hydrogen-bond donors (Lipinski definition) is 1. The lowest BCUT2D eigenvalue weighted by Gasteiger charge is -2.36. The van der Waals surface area contributed by atoms with Gasteiger partial charge in [0.1, 0.15) is 17.0 Å². The second-order valence-corrected chi connectivity index (χ2v) is 9.39. The Labute approximate surface area is 200 Å². The van der Waals surface area contributed by atoms with E-state index < -0.39 is 0 Å². The van der Waals surface area contributed by atoms with Crippen molar-refractivity contribution in [3.63, 3.8) is 0 Å². The van der Waals surface area contributed by atoms with Gasteiger partial charge in [-0.25, -0.2) is 9.67 Å². The van der Waals surface area contributed by atoms with Crippen molar-refractivity contribution in [2.45, 2.75) is 38.5 Å². The minimum Gasteiger partial charge on any atom is -0.377 e. The first-order valence-electron chi connectivity index (χ1n) is 12.5. The Morgan fingerprint density at radius 2 is 1.97 bits per heavy atom. The van der Waals surface area contributed by atoms with E-state index in [2.05, 4.69) is 39.3 Å². The topological polar surface area (TPSA) is 80.6 Å². The molecule has 3 aliphatic heterocycles. The van der Waals surface area contributed by atoms with Crippen molar-refractivity contribution < 1.29 is 9.47 Å². The van der Waals surface area contributed by atoms with E-state index in [1.54, 1.807) is 0 Å². The Hall–Kier alpha value is -2.75. The second kappa shape index (κ2) is 9.48. The van der Waals surface area contributed by atoms with E-state index in [0.29, 0.717) is 6.61 Å². The van der Waals surface area contributed by atoms with Gasteiger partial charge in [0.25, 0.3) is 0 Å². The van der Waals surface area contributed by atoms with Crippen LogP contribution < -0.4 is 15.1 Å².